The van der Waals surface area contributed by atoms with E-state index in [1.165, 1.54) is 25.7 Å². The second-order valence-corrected chi connectivity index (χ2v) is 11.2. The van der Waals surface area contributed by atoms with Crippen LogP contribution in [0.2, 0.25) is 0 Å². The number of amides is 1. The van der Waals surface area contributed by atoms with Gasteiger partial charge in [-0.2, -0.15) is 0 Å². The largest absolute Gasteiger partial charge is 0.392 e. The van der Waals surface area contributed by atoms with Crippen LogP contribution >= 0.6 is 15.9 Å². The van der Waals surface area contributed by atoms with E-state index in [1.54, 1.807) is 0 Å². The average molecular weight is 465 g/mol. The summed E-state index contributed by atoms with van der Waals surface area (Å²) in [6.45, 7) is 7.78. The summed E-state index contributed by atoms with van der Waals surface area (Å²) in [6.07, 6.45) is 6.22. The van der Waals surface area contributed by atoms with E-state index in [-0.39, 0.29) is 22.3 Å². The number of benzene rings is 1. The first-order chi connectivity index (χ1) is 13.7. The molecule has 29 heavy (non-hydrogen) atoms. The van der Waals surface area contributed by atoms with Crippen molar-refractivity contribution < 1.29 is 9.90 Å². The highest BCUT2D eigenvalue weighted by Gasteiger charge is 2.41. The van der Waals surface area contributed by atoms with Crippen LogP contribution in [0.3, 0.4) is 0 Å². The van der Waals surface area contributed by atoms with Gasteiger partial charge in [-0.25, -0.2) is 0 Å². The third-order valence-corrected chi connectivity index (χ3v) is 7.32. The molecule has 0 aromatic heterocycles. The highest BCUT2D eigenvalue weighted by atomic mass is 79.9. The summed E-state index contributed by atoms with van der Waals surface area (Å²) in [4.78, 5) is 15.4. The zero-order chi connectivity index (χ0) is 21.0. The van der Waals surface area contributed by atoms with E-state index < -0.39 is 6.10 Å². The van der Waals surface area contributed by atoms with Gasteiger partial charge in [0.15, 0.2) is 0 Å². The van der Waals surface area contributed by atoms with Crippen LogP contribution in [0.15, 0.2) is 30.3 Å². The predicted molar refractivity (Wildman–Crippen MR) is 122 cm³/mol. The van der Waals surface area contributed by atoms with Crippen LogP contribution in [0.4, 0.5) is 0 Å². The zero-order valence-electron chi connectivity index (χ0n) is 18.1. The lowest BCUT2D eigenvalue weighted by Crippen LogP contribution is -2.58. The number of hydrogen-bond donors (Lipinski definition) is 2. The van der Waals surface area contributed by atoms with Gasteiger partial charge in [0.2, 0.25) is 5.91 Å². The van der Waals surface area contributed by atoms with E-state index in [0.29, 0.717) is 24.8 Å². The summed E-state index contributed by atoms with van der Waals surface area (Å²) in [5, 5.41) is 14.0. The molecule has 0 unspecified atom stereocenters. The Bertz CT molecular complexity index is 661. The minimum atomic E-state index is -0.479. The smallest absolute Gasteiger partial charge is 0.237 e. The summed E-state index contributed by atoms with van der Waals surface area (Å²) >= 11 is 3.74. The molecule has 162 valence electrons. The van der Waals surface area contributed by atoms with E-state index >= 15 is 0 Å². The normalized spacial score (nSPS) is 27.7. The van der Waals surface area contributed by atoms with Crippen molar-refractivity contribution in [2.75, 3.05) is 13.1 Å². The molecule has 0 spiro atoms. The van der Waals surface area contributed by atoms with Crippen molar-refractivity contribution in [2.45, 2.75) is 81.8 Å². The van der Waals surface area contributed by atoms with Crippen molar-refractivity contribution in [3.05, 3.63) is 35.9 Å². The Morgan fingerprint density at radius 1 is 1.21 bits per heavy atom. The fraction of sp³-hybridized carbons (Fsp3) is 0.708. The quantitative estimate of drug-likeness (QED) is 0.621. The number of likely N-dealkylation sites (tertiary alicyclic amines) is 1. The molecule has 5 atom stereocenters. The number of carbonyl (C=O) groups is 1. The van der Waals surface area contributed by atoms with Gasteiger partial charge in [-0.05, 0) is 57.4 Å². The molecular formula is C24H37BrN2O2. The van der Waals surface area contributed by atoms with Crippen LogP contribution < -0.4 is 5.32 Å². The molecule has 5 heteroatoms. The number of fused-ring (bicyclic) bond motifs is 1. The molecule has 1 heterocycles. The van der Waals surface area contributed by atoms with Crippen molar-refractivity contribution in [1.29, 1.82) is 0 Å². The third-order valence-electron chi connectivity index (χ3n) is 6.42. The number of aliphatic hydroxyl groups is 1. The number of alkyl halides is 1. The summed E-state index contributed by atoms with van der Waals surface area (Å²) < 4.78 is 0. The van der Waals surface area contributed by atoms with Crippen molar-refractivity contribution in [2.24, 2.45) is 11.8 Å². The van der Waals surface area contributed by atoms with Gasteiger partial charge in [0.25, 0.3) is 0 Å². The van der Waals surface area contributed by atoms with Crippen LogP contribution in [0.25, 0.3) is 0 Å². The Hall–Kier alpha value is -0.910. The number of rotatable bonds is 6. The van der Waals surface area contributed by atoms with E-state index in [4.69, 9.17) is 0 Å². The van der Waals surface area contributed by atoms with Gasteiger partial charge in [0, 0.05) is 18.6 Å². The van der Waals surface area contributed by atoms with E-state index in [9.17, 15) is 9.90 Å². The minimum absolute atomic E-state index is 0.0622. The van der Waals surface area contributed by atoms with Gasteiger partial charge < -0.3 is 10.4 Å². The third kappa shape index (κ3) is 6.53. The molecule has 3 rings (SSSR count). The highest BCUT2D eigenvalue weighted by Crippen LogP contribution is 2.39. The van der Waals surface area contributed by atoms with Crippen LogP contribution in [0.5, 0.6) is 0 Å². The molecule has 2 fully saturated rings. The first-order valence-corrected chi connectivity index (χ1v) is 12.1. The van der Waals surface area contributed by atoms with Crippen LogP contribution in [0, 0.1) is 11.8 Å². The zero-order valence-corrected chi connectivity index (χ0v) is 19.7. The Morgan fingerprint density at radius 3 is 2.52 bits per heavy atom. The first-order valence-electron chi connectivity index (χ1n) is 11.1. The van der Waals surface area contributed by atoms with Crippen molar-refractivity contribution in [1.82, 2.24) is 10.2 Å². The minimum Gasteiger partial charge on any atom is -0.392 e. The Kier molecular flexibility index (Phi) is 7.80. The number of carbonyl (C=O) groups excluding carboxylic acids is 1. The lowest BCUT2D eigenvalue weighted by Gasteiger charge is -2.46. The molecule has 0 bridgehead atoms. The molecule has 1 aromatic rings. The van der Waals surface area contributed by atoms with Crippen molar-refractivity contribution >= 4 is 21.8 Å². The van der Waals surface area contributed by atoms with Gasteiger partial charge in [0.1, 0.15) is 0 Å². The van der Waals surface area contributed by atoms with Gasteiger partial charge in [-0.3, -0.25) is 9.69 Å². The topological polar surface area (TPSA) is 52.6 Å². The number of halogens is 1. The SMILES string of the molecule is CC(C)(C)NC(=O)[C@@H]1C[C@@H]2CCCC[C@@H]2CN1C[C@H](Br)[C@H](O)Cc1ccccc1. The van der Waals surface area contributed by atoms with Gasteiger partial charge >= 0.3 is 0 Å². The number of aliphatic hydroxyl groups excluding tert-OH is 1. The molecule has 1 aliphatic carbocycles. The monoisotopic (exact) mass is 464 g/mol. The van der Waals surface area contributed by atoms with Crippen LogP contribution in [0.1, 0.15) is 58.4 Å². The molecule has 4 nitrogen and oxygen atoms in total. The molecule has 1 saturated heterocycles. The molecule has 2 aliphatic rings. The lowest BCUT2D eigenvalue weighted by molar-refractivity contribution is -0.131. The summed E-state index contributed by atoms with van der Waals surface area (Å²) in [5.41, 5.74) is 0.907. The molecule has 1 aliphatic heterocycles. The Morgan fingerprint density at radius 2 is 1.86 bits per heavy atom. The molecule has 2 N–H and O–H groups in total. The van der Waals surface area contributed by atoms with Crippen molar-refractivity contribution in [3.63, 3.8) is 0 Å². The maximum Gasteiger partial charge on any atom is 0.237 e. The second-order valence-electron chi connectivity index (χ2n) is 10.0. The fourth-order valence-corrected chi connectivity index (χ4v) is 5.51. The lowest BCUT2D eigenvalue weighted by atomic mass is 9.72. The molecule has 1 aromatic carbocycles. The van der Waals surface area contributed by atoms with Gasteiger partial charge in [-0.1, -0.05) is 65.5 Å². The number of nitrogens with one attached hydrogen (secondary N) is 1. The van der Waals surface area contributed by atoms with Crippen LogP contribution in [-0.2, 0) is 11.2 Å². The van der Waals surface area contributed by atoms with Gasteiger partial charge in [0.05, 0.1) is 17.0 Å². The summed E-state index contributed by atoms with van der Waals surface area (Å²) in [6, 6.07) is 10.0. The first kappa shape index (κ1) is 22.8. The molecule has 1 amide bonds. The number of nitrogens with zero attached hydrogens (tertiary/aromatic N) is 1. The van der Waals surface area contributed by atoms with Crippen molar-refractivity contribution in [3.8, 4) is 0 Å². The fourth-order valence-electron chi connectivity index (χ4n) is 4.96. The molecule has 0 radical (unpaired) electrons. The van der Waals surface area contributed by atoms with E-state index in [2.05, 4.69) is 38.3 Å². The second kappa shape index (κ2) is 9.93. The predicted octanol–water partition coefficient (Wildman–Crippen LogP) is 4.15. The standard InChI is InChI=1S/C24H37BrN2O2/c1-24(2,3)26-23(29)21-14-18-11-7-8-12-19(18)15-27(21)16-20(25)22(28)13-17-9-5-4-6-10-17/h4-6,9-10,18-22,28H,7-8,11-16H2,1-3H3,(H,26,29)/t18-,19+,20-,21-,22+/m0/s1. The number of piperidine rings is 1. The van der Waals surface area contributed by atoms with Gasteiger partial charge in [-0.15, -0.1) is 0 Å². The maximum atomic E-state index is 13.1. The molecule has 1 saturated carbocycles. The summed E-state index contributed by atoms with van der Waals surface area (Å²) in [7, 11) is 0. The molecular weight excluding hydrogens is 428 g/mol. The number of hydrogen-bond acceptors (Lipinski definition) is 3. The summed E-state index contributed by atoms with van der Waals surface area (Å²) in [5.74, 6) is 1.49. The Balaban J connectivity index is 1.67. The van der Waals surface area contributed by atoms with Crippen LogP contribution in [-0.4, -0.2) is 51.5 Å². The average Bonchev–Trinajstić information content (AvgIpc) is 2.66. The van der Waals surface area contributed by atoms with E-state index in [1.807, 2.05) is 39.0 Å². The van der Waals surface area contributed by atoms with E-state index in [0.717, 1.165) is 18.5 Å². The highest BCUT2D eigenvalue weighted by molar-refractivity contribution is 9.09. The Labute approximate surface area is 184 Å². The maximum absolute atomic E-state index is 13.1.